The largest absolute Gasteiger partial charge is 0.378 e. The smallest absolute Gasteiger partial charge is 0.226 e. The van der Waals surface area contributed by atoms with Gasteiger partial charge in [0.1, 0.15) is 0 Å². The molecule has 98 valence electrons. The van der Waals surface area contributed by atoms with Crippen LogP contribution in [0.4, 0.5) is 0 Å². The third kappa shape index (κ3) is 2.80. The number of fused-ring (bicyclic) bond motifs is 1. The Hall–Kier alpha value is -0.610. The van der Waals surface area contributed by atoms with Crippen molar-refractivity contribution < 1.29 is 9.53 Å². The van der Waals surface area contributed by atoms with E-state index in [0.29, 0.717) is 50.0 Å². The number of hydrogen-bond acceptors (Lipinski definition) is 3. The van der Waals surface area contributed by atoms with Crippen LogP contribution in [0.3, 0.4) is 0 Å². The lowest BCUT2D eigenvalue weighted by atomic mass is 10.1. The number of ether oxygens (including phenoxy) is 1. The van der Waals surface area contributed by atoms with Gasteiger partial charge in [-0.05, 0) is 31.6 Å². The van der Waals surface area contributed by atoms with Gasteiger partial charge in [-0.15, -0.1) is 0 Å². The predicted octanol–water partition coefficient (Wildman–Crippen LogP) is 0.856. The Kier molecular flexibility index (Phi) is 4.40. The molecule has 0 aromatic rings. The van der Waals surface area contributed by atoms with Gasteiger partial charge in [-0.3, -0.25) is 4.79 Å². The van der Waals surface area contributed by atoms with Gasteiger partial charge in [-0.2, -0.15) is 0 Å². The van der Waals surface area contributed by atoms with Gasteiger partial charge in [0.15, 0.2) is 0 Å². The number of hydrogen-bond donors (Lipinski definition) is 1. The molecular weight excluding hydrogens is 216 g/mol. The van der Waals surface area contributed by atoms with Crippen molar-refractivity contribution in [2.45, 2.75) is 26.2 Å². The summed E-state index contributed by atoms with van der Waals surface area (Å²) >= 11 is 0. The quantitative estimate of drug-likeness (QED) is 0.671. The zero-order chi connectivity index (χ0) is 12.3. The Morgan fingerprint density at radius 3 is 2.65 bits per heavy atom. The Morgan fingerprint density at radius 2 is 2.06 bits per heavy atom. The summed E-state index contributed by atoms with van der Waals surface area (Å²) in [6.45, 7) is 5.29. The maximum absolute atomic E-state index is 12.3. The first kappa shape index (κ1) is 12.8. The van der Waals surface area contributed by atoms with Crippen molar-refractivity contribution in [3.8, 4) is 0 Å². The molecule has 0 aromatic heterocycles. The second kappa shape index (κ2) is 5.83. The minimum atomic E-state index is 0.346. The molecule has 4 heteroatoms. The van der Waals surface area contributed by atoms with Crippen LogP contribution in [0.1, 0.15) is 26.2 Å². The van der Waals surface area contributed by atoms with Gasteiger partial charge < -0.3 is 15.4 Å². The summed E-state index contributed by atoms with van der Waals surface area (Å²) < 4.78 is 5.34. The summed E-state index contributed by atoms with van der Waals surface area (Å²) in [5.74, 6) is 2.12. The summed E-state index contributed by atoms with van der Waals surface area (Å²) in [5, 5.41) is 0. The summed E-state index contributed by atoms with van der Waals surface area (Å²) in [5.41, 5.74) is 5.35. The molecule has 2 aliphatic rings. The topological polar surface area (TPSA) is 55.6 Å². The van der Waals surface area contributed by atoms with Gasteiger partial charge in [-0.25, -0.2) is 0 Å². The highest BCUT2D eigenvalue weighted by Crippen LogP contribution is 2.58. The Bertz CT molecular complexity index is 260. The fraction of sp³-hybridized carbons (Fsp3) is 0.923. The highest BCUT2D eigenvalue weighted by molar-refractivity contribution is 5.82. The molecule has 2 aliphatic carbocycles. The molecule has 2 atom stereocenters. The van der Waals surface area contributed by atoms with E-state index >= 15 is 0 Å². The molecule has 1 amide bonds. The molecule has 0 bridgehead atoms. The summed E-state index contributed by atoms with van der Waals surface area (Å²) in [6.07, 6.45) is 3.86. The van der Waals surface area contributed by atoms with Crippen molar-refractivity contribution in [1.29, 1.82) is 0 Å². The van der Waals surface area contributed by atoms with Crippen LogP contribution < -0.4 is 5.73 Å². The predicted molar refractivity (Wildman–Crippen MR) is 66.4 cm³/mol. The monoisotopic (exact) mass is 240 g/mol. The molecule has 0 aliphatic heterocycles. The van der Waals surface area contributed by atoms with Crippen molar-refractivity contribution in [2.24, 2.45) is 23.5 Å². The van der Waals surface area contributed by atoms with Crippen molar-refractivity contribution in [3.63, 3.8) is 0 Å². The lowest BCUT2D eigenvalue weighted by Gasteiger charge is -2.21. The van der Waals surface area contributed by atoms with Crippen molar-refractivity contribution in [1.82, 2.24) is 4.90 Å². The van der Waals surface area contributed by atoms with Crippen LogP contribution in [-0.2, 0) is 9.53 Å². The lowest BCUT2D eigenvalue weighted by molar-refractivity contribution is -0.134. The highest BCUT2D eigenvalue weighted by Gasteiger charge is 2.57. The molecule has 2 fully saturated rings. The Labute approximate surface area is 103 Å². The average Bonchev–Trinajstić information content (AvgIpc) is 2.82. The first-order valence-corrected chi connectivity index (χ1v) is 6.86. The number of carbonyl (C=O) groups is 1. The van der Waals surface area contributed by atoms with Crippen LogP contribution >= 0.6 is 0 Å². The Balaban J connectivity index is 1.72. The number of nitrogens with two attached hydrogens (primary N) is 1. The van der Waals surface area contributed by atoms with Crippen LogP contribution in [0.25, 0.3) is 0 Å². The average molecular weight is 240 g/mol. The molecule has 17 heavy (non-hydrogen) atoms. The minimum Gasteiger partial charge on any atom is -0.378 e. The second-order valence-corrected chi connectivity index (χ2v) is 5.10. The fourth-order valence-corrected chi connectivity index (χ4v) is 3.18. The van der Waals surface area contributed by atoms with E-state index < -0.39 is 0 Å². The first-order valence-electron chi connectivity index (χ1n) is 6.86. The standard InChI is InChI=1S/C13H24N2O2/c1-2-15(7-9-17-8-6-14)13(16)12-10-4-3-5-11(10)12/h10-12H,2-9,14H2,1H3. The van der Waals surface area contributed by atoms with Crippen molar-refractivity contribution in [3.05, 3.63) is 0 Å². The maximum Gasteiger partial charge on any atom is 0.226 e. The van der Waals surface area contributed by atoms with E-state index in [2.05, 4.69) is 0 Å². The number of amides is 1. The normalized spacial score (nSPS) is 30.1. The van der Waals surface area contributed by atoms with E-state index in [1.165, 1.54) is 19.3 Å². The maximum atomic E-state index is 12.3. The summed E-state index contributed by atoms with van der Waals surface area (Å²) in [7, 11) is 0. The van der Waals surface area contributed by atoms with Crippen LogP contribution in [0.2, 0.25) is 0 Å². The molecule has 0 radical (unpaired) electrons. The second-order valence-electron chi connectivity index (χ2n) is 5.10. The SMILES string of the molecule is CCN(CCOCCN)C(=O)C1C2CCCC21. The molecule has 2 saturated carbocycles. The number of carbonyl (C=O) groups excluding carboxylic acids is 1. The van der Waals surface area contributed by atoms with Crippen molar-refractivity contribution in [2.75, 3.05) is 32.8 Å². The summed E-state index contributed by atoms with van der Waals surface area (Å²) in [4.78, 5) is 14.2. The molecule has 0 heterocycles. The third-order valence-electron chi connectivity index (χ3n) is 4.15. The van der Waals surface area contributed by atoms with E-state index in [1.807, 2.05) is 11.8 Å². The minimum absolute atomic E-state index is 0.346. The lowest BCUT2D eigenvalue weighted by Crippen LogP contribution is -2.36. The zero-order valence-electron chi connectivity index (χ0n) is 10.7. The molecule has 2 rings (SSSR count). The molecule has 0 saturated heterocycles. The number of rotatable bonds is 7. The van der Waals surface area contributed by atoms with Gasteiger partial charge in [0.25, 0.3) is 0 Å². The van der Waals surface area contributed by atoms with Gasteiger partial charge in [0, 0.05) is 25.6 Å². The third-order valence-corrected chi connectivity index (χ3v) is 4.15. The van der Waals surface area contributed by atoms with Gasteiger partial charge in [0.2, 0.25) is 5.91 Å². The fourth-order valence-electron chi connectivity index (χ4n) is 3.18. The molecule has 0 aromatic carbocycles. The molecule has 2 unspecified atom stereocenters. The van der Waals surface area contributed by atoms with Gasteiger partial charge in [0.05, 0.1) is 13.2 Å². The van der Waals surface area contributed by atoms with Gasteiger partial charge in [-0.1, -0.05) is 6.42 Å². The number of likely N-dealkylation sites (N-methyl/N-ethyl adjacent to an activating group) is 1. The van der Waals surface area contributed by atoms with Crippen molar-refractivity contribution >= 4 is 5.91 Å². The van der Waals surface area contributed by atoms with Crippen LogP contribution in [-0.4, -0.2) is 43.7 Å². The van der Waals surface area contributed by atoms with E-state index in [1.54, 1.807) is 0 Å². The van der Waals surface area contributed by atoms with E-state index in [0.717, 1.165) is 6.54 Å². The van der Waals surface area contributed by atoms with E-state index in [-0.39, 0.29) is 0 Å². The van der Waals surface area contributed by atoms with E-state index in [9.17, 15) is 4.79 Å². The molecular formula is C13H24N2O2. The highest BCUT2D eigenvalue weighted by atomic mass is 16.5. The van der Waals surface area contributed by atoms with Crippen LogP contribution in [0.15, 0.2) is 0 Å². The van der Waals surface area contributed by atoms with E-state index in [4.69, 9.17) is 10.5 Å². The number of nitrogens with zero attached hydrogens (tertiary/aromatic N) is 1. The van der Waals surface area contributed by atoms with Crippen LogP contribution in [0.5, 0.6) is 0 Å². The zero-order valence-corrected chi connectivity index (χ0v) is 10.7. The first-order chi connectivity index (χ1) is 8.29. The van der Waals surface area contributed by atoms with Crippen LogP contribution in [0, 0.1) is 17.8 Å². The molecule has 0 spiro atoms. The molecule has 4 nitrogen and oxygen atoms in total. The Morgan fingerprint density at radius 1 is 1.35 bits per heavy atom. The summed E-state index contributed by atoms with van der Waals surface area (Å²) in [6, 6.07) is 0. The van der Waals surface area contributed by atoms with Gasteiger partial charge >= 0.3 is 0 Å². The molecule has 2 N–H and O–H groups in total.